The standard InChI is InChI=1S/C13H17N3O2/c17-13(18)12-10(3-1-6-14-12)15-9-5-8-16-7-2-4-11(9)16/h1,3,6,9,11,15H,2,4-5,7-8H2,(H,17,18). The van der Waals surface area contributed by atoms with Gasteiger partial charge in [0.05, 0.1) is 5.69 Å². The molecule has 1 aromatic heterocycles. The van der Waals surface area contributed by atoms with Crippen LogP contribution in [0.2, 0.25) is 0 Å². The molecular weight excluding hydrogens is 230 g/mol. The number of anilines is 1. The van der Waals surface area contributed by atoms with Crippen molar-refractivity contribution in [1.82, 2.24) is 9.88 Å². The first-order valence-corrected chi connectivity index (χ1v) is 6.44. The molecule has 2 atom stereocenters. The quantitative estimate of drug-likeness (QED) is 0.846. The zero-order valence-electron chi connectivity index (χ0n) is 10.2. The third-order valence-electron chi connectivity index (χ3n) is 3.96. The molecule has 0 aliphatic carbocycles. The second kappa shape index (κ2) is 4.57. The van der Waals surface area contributed by atoms with E-state index < -0.39 is 5.97 Å². The van der Waals surface area contributed by atoms with E-state index in [-0.39, 0.29) is 5.69 Å². The summed E-state index contributed by atoms with van der Waals surface area (Å²) in [6.07, 6.45) is 5.06. The molecule has 96 valence electrons. The van der Waals surface area contributed by atoms with Crippen molar-refractivity contribution in [3.63, 3.8) is 0 Å². The highest BCUT2D eigenvalue weighted by Gasteiger charge is 2.37. The first-order valence-electron chi connectivity index (χ1n) is 6.44. The summed E-state index contributed by atoms with van der Waals surface area (Å²) < 4.78 is 0. The number of nitrogens with zero attached hydrogens (tertiary/aromatic N) is 2. The van der Waals surface area contributed by atoms with Crippen LogP contribution in [0, 0.1) is 0 Å². The van der Waals surface area contributed by atoms with Gasteiger partial charge in [-0.1, -0.05) is 0 Å². The van der Waals surface area contributed by atoms with Crippen LogP contribution in [0.1, 0.15) is 29.8 Å². The van der Waals surface area contributed by atoms with E-state index in [4.69, 9.17) is 5.11 Å². The molecule has 0 spiro atoms. The van der Waals surface area contributed by atoms with Crippen molar-refractivity contribution < 1.29 is 9.90 Å². The molecule has 5 nitrogen and oxygen atoms in total. The molecule has 2 saturated heterocycles. The smallest absolute Gasteiger partial charge is 0.356 e. The van der Waals surface area contributed by atoms with Crippen molar-refractivity contribution in [3.8, 4) is 0 Å². The van der Waals surface area contributed by atoms with E-state index in [9.17, 15) is 4.79 Å². The fourth-order valence-corrected chi connectivity index (χ4v) is 3.14. The van der Waals surface area contributed by atoms with Crippen LogP contribution in [-0.2, 0) is 0 Å². The first-order chi connectivity index (χ1) is 8.75. The molecule has 2 aliphatic rings. The molecule has 0 radical (unpaired) electrons. The topological polar surface area (TPSA) is 65.5 Å². The largest absolute Gasteiger partial charge is 0.476 e. The molecule has 2 unspecified atom stereocenters. The van der Waals surface area contributed by atoms with Crippen LogP contribution in [-0.4, -0.2) is 46.1 Å². The van der Waals surface area contributed by atoms with Crippen molar-refractivity contribution in [2.24, 2.45) is 0 Å². The Bertz CT molecular complexity index is 463. The normalized spacial score (nSPS) is 27.1. The van der Waals surface area contributed by atoms with Gasteiger partial charge in [-0.3, -0.25) is 4.90 Å². The van der Waals surface area contributed by atoms with Gasteiger partial charge in [0.1, 0.15) is 0 Å². The number of fused-ring (bicyclic) bond motifs is 1. The lowest BCUT2D eigenvalue weighted by Gasteiger charge is -2.22. The number of pyridine rings is 1. The molecule has 0 saturated carbocycles. The summed E-state index contributed by atoms with van der Waals surface area (Å²) in [5.74, 6) is -0.973. The summed E-state index contributed by atoms with van der Waals surface area (Å²) in [7, 11) is 0. The average Bonchev–Trinajstić information content (AvgIpc) is 2.94. The molecule has 2 fully saturated rings. The van der Waals surface area contributed by atoms with Gasteiger partial charge in [-0.15, -0.1) is 0 Å². The third kappa shape index (κ3) is 1.95. The first kappa shape index (κ1) is 11.5. The van der Waals surface area contributed by atoms with Gasteiger partial charge < -0.3 is 10.4 Å². The van der Waals surface area contributed by atoms with Gasteiger partial charge in [-0.25, -0.2) is 9.78 Å². The van der Waals surface area contributed by atoms with Gasteiger partial charge in [0, 0.05) is 24.8 Å². The number of carboxylic acids is 1. The van der Waals surface area contributed by atoms with E-state index in [2.05, 4.69) is 15.2 Å². The van der Waals surface area contributed by atoms with Crippen molar-refractivity contribution in [2.75, 3.05) is 18.4 Å². The van der Waals surface area contributed by atoms with Crippen LogP contribution in [0.5, 0.6) is 0 Å². The lowest BCUT2D eigenvalue weighted by Crippen LogP contribution is -2.34. The van der Waals surface area contributed by atoms with E-state index in [1.807, 2.05) is 0 Å². The number of hydrogen-bond donors (Lipinski definition) is 2. The van der Waals surface area contributed by atoms with Crippen LogP contribution in [0.3, 0.4) is 0 Å². The maximum atomic E-state index is 11.1. The predicted molar refractivity (Wildman–Crippen MR) is 67.8 cm³/mol. The molecular formula is C13H17N3O2. The molecule has 5 heteroatoms. The maximum absolute atomic E-state index is 11.1. The maximum Gasteiger partial charge on any atom is 0.356 e. The van der Waals surface area contributed by atoms with E-state index in [1.165, 1.54) is 25.6 Å². The molecule has 0 amide bonds. The highest BCUT2D eigenvalue weighted by atomic mass is 16.4. The summed E-state index contributed by atoms with van der Waals surface area (Å²) in [5.41, 5.74) is 0.762. The zero-order chi connectivity index (χ0) is 12.5. The van der Waals surface area contributed by atoms with Crippen molar-refractivity contribution >= 4 is 11.7 Å². The number of nitrogens with one attached hydrogen (secondary N) is 1. The minimum atomic E-state index is -0.973. The van der Waals surface area contributed by atoms with Gasteiger partial charge in [0.25, 0.3) is 0 Å². The number of carbonyl (C=O) groups is 1. The highest BCUT2D eigenvalue weighted by Crippen LogP contribution is 2.30. The Morgan fingerprint density at radius 3 is 3.17 bits per heavy atom. The molecule has 0 aromatic carbocycles. The van der Waals surface area contributed by atoms with Crippen molar-refractivity contribution in [2.45, 2.75) is 31.3 Å². The van der Waals surface area contributed by atoms with E-state index in [0.29, 0.717) is 17.8 Å². The summed E-state index contributed by atoms with van der Waals surface area (Å²) in [5, 5.41) is 12.5. The molecule has 0 bridgehead atoms. The third-order valence-corrected chi connectivity index (χ3v) is 3.96. The SMILES string of the molecule is O=C(O)c1ncccc1NC1CCN2CCCC12. The van der Waals surface area contributed by atoms with Gasteiger partial charge in [0.2, 0.25) is 0 Å². The van der Waals surface area contributed by atoms with Gasteiger partial charge in [-0.05, 0) is 37.9 Å². The van der Waals surface area contributed by atoms with Crippen LogP contribution < -0.4 is 5.32 Å². The fourth-order valence-electron chi connectivity index (χ4n) is 3.14. The van der Waals surface area contributed by atoms with Crippen LogP contribution in [0.15, 0.2) is 18.3 Å². The second-order valence-electron chi connectivity index (χ2n) is 4.99. The average molecular weight is 247 g/mol. The Balaban J connectivity index is 1.78. The summed E-state index contributed by atoms with van der Waals surface area (Å²) >= 11 is 0. The number of rotatable bonds is 3. The molecule has 3 rings (SSSR count). The Morgan fingerprint density at radius 2 is 2.33 bits per heavy atom. The Kier molecular flexibility index (Phi) is 2.91. The zero-order valence-corrected chi connectivity index (χ0v) is 10.2. The molecule has 2 N–H and O–H groups in total. The van der Waals surface area contributed by atoms with Gasteiger partial charge in [-0.2, -0.15) is 0 Å². The lowest BCUT2D eigenvalue weighted by molar-refractivity contribution is 0.0691. The van der Waals surface area contributed by atoms with E-state index in [1.54, 1.807) is 12.1 Å². The summed E-state index contributed by atoms with van der Waals surface area (Å²) in [4.78, 5) is 17.5. The van der Waals surface area contributed by atoms with E-state index in [0.717, 1.165) is 13.0 Å². The predicted octanol–water partition coefficient (Wildman–Crippen LogP) is 1.43. The Morgan fingerprint density at radius 1 is 1.44 bits per heavy atom. The number of aromatic nitrogens is 1. The number of hydrogen-bond acceptors (Lipinski definition) is 4. The van der Waals surface area contributed by atoms with Crippen molar-refractivity contribution in [3.05, 3.63) is 24.0 Å². The van der Waals surface area contributed by atoms with Crippen molar-refractivity contribution in [1.29, 1.82) is 0 Å². The number of aromatic carboxylic acids is 1. The summed E-state index contributed by atoms with van der Waals surface area (Å²) in [6.45, 7) is 2.30. The minimum Gasteiger partial charge on any atom is -0.476 e. The molecule has 1 aromatic rings. The summed E-state index contributed by atoms with van der Waals surface area (Å²) in [6, 6.07) is 4.49. The minimum absolute atomic E-state index is 0.119. The van der Waals surface area contributed by atoms with Crippen LogP contribution in [0.4, 0.5) is 5.69 Å². The molecule has 18 heavy (non-hydrogen) atoms. The highest BCUT2D eigenvalue weighted by molar-refractivity contribution is 5.91. The van der Waals surface area contributed by atoms with Crippen LogP contribution >= 0.6 is 0 Å². The van der Waals surface area contributed by atoms with E-state index >= 15 is 0 Å². The van der Waals surface area contributed by atoms with Gasteiger partial charge in [0.15, 0.2) is 5.69 Å². The lowest BCUT2D eigenvalue weighted by atomic mass is 10.1. The van der Waals surface area contributed by atoms with Crippen LogP contribution in [0.25, 0.3) is 0 Å². The molecule has 2 aliphatic heterocycles. The fraction of sp³-hybridized carbons (Fsp3) is 0.538. The molecule has 3 heterocycles. The Labute approximate surface area is 106 Å². The monoisotopic (exact) mass is 247 g/mol. The van der Waals surface area contributed by atoms with Gasteiger partial charge >= 0.3 is 5.97 Å². The second-order valence-corrected chi connectivity index (χ2v) is 4.99. The Hall–Kier alpha value is -1.62. The number of carboxylic acid groups (broad SMARTS) is 1.